The molecule has 1 atom stereocenters. The second-order valence-electron chi connectivity index (χ2n) is 4.24. The molecule has 18 heavy (non-hydrogen) atoms. The van der Waals surface area contributed by atoms with E-state index in [1.165, 1.54) is 6.07 Å². The Morgan fingerprint density at radius 2 is 2.22 bits per heavy atom. The first-order valence-corrected chi connectivity index (χ1v) is 7.77. The topological polar surface area (TPSA) is 74.7 Å². The average molecular weight is 334 g/mol. The number of halogens is 1. The van der Waals surface area contributed by atoms with Crippen LogP contribution in [-0.4, -0.2) is 37.8 Å². The molecule has 1 N–H and O–H groups in total. The zero-order valence-electron chi connectivity index (χ0n) is 9.63. The van der Waals surface area contributed by atoms with Crippen LogP contribution in [0.4, 0.5) is 5.69 Å². The Balaban J connectivity index is 2.64. The Labute approximate surface area is 113 Å². The van der Waals surface area contributed by atoms with Gasteiger partial charge in [-0.15, -0.1) is 0 Å². The smallest absolute Gasteiger partial charge is 0.323 e. The van der Waals surface area contributed by atoms with Gasteiger partial charge in [0.1, 0.15) is 6.54 Å². The lowest BCUT2D eigenvalue weighted by atomic mass is 10.2. The molecule has 0 amide bonds. The zero-order chi connectivity index (χ0) is 13.5. The number of fused-ring (bicyclic) bond motifs is 1. The van der Waals surface area contributed by atoms with Crippen LogP contribution in [0.5, 0.6) is 0 Å². The molecule has 98 valence electrons. The Bertz CT molecular complexity index is 599. The van der Waals surface area contributed by atoms with Gasteiger partial charge in [-0.1, -0.05) is 6.07 Å². The predicted molar refractivity (Wildman–Crippen MR) is 70.6 cm³/mol. The van der Waals surface area contributed by atoms with Gasteiger partial charge in [0.15, 0.2) is 9.84 Å². The van der Waals surface area contributed by atoms with Crippen LogP contribution in [0.25, 0.3) is 0 Å². The number of benzene rings is 1. The van der Waals surface area contributed by atoms with Gasteiger partial charge < -0.3 is 10.0 Å². The highest BCUT2D eigenvalue weighted by molar-refractivity contribution is 9.10. The second kappa shape index (κ2) is 4.55. The predicted octanol–water partition coefficient (Wildman–Crippen LogP) is 1.52. The minimum Gasteiger partial charge on any atom is -0.480 e. The maximum atomic E-state index is 12.1. The van der Waals surface area contributed by atoms with E-state index < -0.39 is 15.8 Å². The molecule has 0 aliphatic carbocycles. The van der Waals surface area contributed by atoms with Gasteiger partial charge in [0.05, 0.1) is 16.3 Å². The Kier molecular flexibility index (Phi) is 3.37. The Morgan fingerprint density at radius 1 is 1.56 bits per heavy atom. The normalized spacial score (nSPS) is 21.4. The van der Waals surface area contributed by atoms with Crippen LogP contribution in [0.15, 0.2) is 27.6 Å². The van der Waals surface area contributed by atoms with Crippen LogP contribution < -0.4 is 4.90 Å². The standard InChI is InChI=1S/C11H12BrNO4S/c1-7-6-18(16,17)9-4-2-3-8(12)11(9)13(7)5-10(14)15/h2-4,7H,5-6H2,1H3,(H,14,15). The van der Waals surface area contributed by atoms with Crippen LogP contribution >= 0.6 is 15.9 Å². The van der Waals surface area contributed by atoms with E-state index in [0.29, 0.717) is 10.2 Å². The number of carboxylic acid groups (broad SMARTS) is 1. The highest BCUT2D eigenvalue weighted by atomic mass is 79.9. The molecule has 7 heteroatoms. The number of rotatable bonds is 2. The van der Waals surface area contributed by atoms with Crippen LogP contribution in [0.3, 0.4) is 0 Å². The summed E-state index contributed by atoms with van der Waals surface area (Å²) in [5.74, 6) is -1.05. The molecule has 1 aromatic rings. The molecule has 0 aromatic heterocycles. The fourth-order valence-electron chi connectivity index (χ4n) is 2.12. The average Bonchev–Trinajstić information content (AvgIpc) is 2.23. The fourth-order valence-corrected chi connectivity index (χ4v) is 4.65. The van der Waals surface area contributed by atoms with Gasteiger partial charge in [-0.05, 0) is 35.0 Å². The van der Waals surface area contributed by atoms with E-state index in [-0.39, 0.29) is 23.2 Å². The number of carbonyl (C=O) groups is 1. The largest absolute Gasteiger partial charge is 0.480 e. The summed E-state index contributed by atoms with van der Waals surface area (Å²) in [6.07, 6.45) is 0. The van der Waals surface area contributed by atoms with E-state index in [0.717, 1.165) is 0 Å². The van der Waals surface area contributed by atoms with Gasteiger partial charge in [-0.2, -0.15) is 0 Å². The van der Waals surface area contributed by atoms with E-state index in [4.69, 9.17) is 5.11 Å². The van der Waals surface area contributed by atoms with Crippen LogP contribution in [0.2, 0.25) is 0 Å². The third kappa shape index (κ3) is 2.24. The summed E-state index contributed by atoms with van der Waals surface area (Å²) in [6, 6.07) is 4.49. The molecule has 1 aromatic carbocycles. The summed E-state index contributed by atoms with van der Waals surface area (Å²) in [4.78, 5) is 12.7. The number of para-hydroxylation sites is 1. The summed E-state index contributed by atoms with van der Waals surface area (Å²) >= 11 is 3.29. The maximum absolute atomic E-state index is 12.1. The molecule has 1 unspecified atom stereocenters. The number of anilines is 1. The highest BCUT2D eigenvalue weighted by Gasteiger charge is 2.35. The van der Waals surface area contributed by atoms with Crippen molar-refractivity contribution in [2.45, 2.75) is 17.9 Å². The van der Waals surface area contributed by atoms with E-state index in [1.807, 2.05) is 0 Å². The van der Waals surface area contributed by atoms with E-state index in [9.17, 15) is 13.2 Å². The molecule has 0 saturated carbocycles. The molecule has 0 fully saturated rings. The number of carboxylic acids is 1. The molecule has 2 rings (SSSR count). The molecule has 0 radical (unpaired) electrons. The van der Waals surface area contributed by atoms with Gasteiger partial charge in [0.2, 0.25) is 0 Å². The summed E-state index contributed by atoms with van der Waals surface area (Å²) in [6.45, 7) is 1.50. The zero-order valence-corrected chi connectivity index (χ0v) is 12.0. The maximum Gasteiger partial charge on any atom is 0.323 e. The lowest BCUT2D eigenvalue weighted by Crippen LogP contribution is -2.45. The van der Waals surface area contributed by atoms with E-state index in [1.54, 1.807) is 24.0 Å². The summed E-state index contributed by atoms with van der Waals surface area (Å²) < 4.78 is 24.7. The molecule has 0 spiro atoms. The lowest BCUT2D eigenvalue weighted by Gasteiger charge is -2.36. The van der Waals surface area contributed by atoms with Crippen molar-refractivity contribution < 1.29 is 18.3 Å². The minimum absolute atomic E-state index is 0.0657. The van der Waals surface area contributed by atoms with Gasteiger partial charge in [-0.25, -0.2) is 8.42 Å². The SMILES string of the molecule is CC1CS(=O)(=O)c2cccc(Br)c2N1CC(=O)O. The quantitative estimate of drug-likeness (QED) is 0.888. The third-order valence-electron chi connectivity index (χ3n) is 2.87. The molecule has 5 nitrogen and oxygen atoms in total. The van der Waals surface area contributed by atoms with E-state index >= 15 is 0 Å². The third-order valence-corrected chi connectivity index (χ3v) is 5.43. The van der Waals surface area contributed by atoms with Crippen molar-refractivity contribution in [3.63, 3.8) is 0 Å². The van der Waals surface area contributed by atoms with Crippen molar-refractivity contribution in [3.05, 3.63) is 22.7 Å². The minimum atomic E-state index is -3.35. The number of hydrogen-bond donors (Lipinski definition) is 1. The molecule has 1 aliphatic rings. The molecular weight excluding hydrogens is 322 g/mol. The van der Waals surface area contributed by atoms with Crippen molar-refractivity contribution in [1.82, 2.24) is 0 Å². The first-order chi connectivity index (χ1) is 8.33. The molecule has 0 saturated heterocycles. The first-order valence-electron chi connectivity index (χ1n) is 5.32. The Hall–Kier alpha value is -1.08. The molecule has 1 heterocycles. The number of aliphatic carboxylic acids is 1. The van der Waals surface area contributed by atoms with Crippen LogP contribution in [0, 0.1) is 0 Å². The number of hydrogen-bond acceptors (Lipinski definition) is 4. The monoisotopic (exact) mass is 333 g/mol. The summed E-state index contributed by atoms with van der Waals surface area (Å²) in [5, 5.41) is 8.92. The molecule has 0 bridgehead atoms. The molecule has 1 aliphatic heterocycles. The van der Waals surface area contributed by atoms with E-state index in [2.05, 4.69) is 15.9 Å². The van der Waals surface area contributed by atoms with Crippen molar-refractivity contribution >= 4 is 37.4 Å². The summed E-state index contributed by atoms with van der Waals surface area (Å²) in [7, 11) is -3.35. The number of nitrogens with zero attached hydrogens (tertiary/aromatic N) is 1. The van der Waals surface area contributed by atoms with Crippen molar-refractivity contribution in [1.29, 1.82) is 0 Å². The van der Waals surface area contributed by atoms with Gasteiger partial charge in [0.25, 0.3) is 0 Å². The van der Waals surface area contributed by atoms with Gasteiger partial charge in [-0.3, -0.25) is 4.79 Å². The first kappa shape index (κ1) is 13.4. The van der Waals surface area contributed by atoms with Crippen molar-refractivity contribution in [3.8, 4) is 0 Å². The van der Waals surface area contributed by atoms with Crippen molar-refractivity contribution in [2.75, 3.05) is 17.2 Å². The number of sulfone groups is 1. The van der Waals surface area contributed by atoms with Crippen LogP contribution in [-0.2, 0) is 14.6 Å². The Morgan fingerprint density at radius 3 is 2.83 bits per heavy atom. The second-order valence-corrected chi connectivity index (χ2v) is 7.10. The fraction of sp³-hybridized carbons (Fsp3) is 0.364. The van der Waals surface area contributed by atoms with Crippen LogP contribution in [0.1, 0.15) is 6.92 Å². The highest BCUT2D eigenvalue weighted by Crippen LogP contribution is 2.38. The lowest BCUT2D eigenvalue weighted by molar-refractivity contribution is -0.135. The summed E-state index contributed by atoms with van der Waals surface area (Å²) in [5.41, 5.74) is 0.443. The van der Waals surface area contributed by atoms with Crippen molar-refractivity contribution in [2.24, 2.45) is 0 Å². The molecular formula is C11H12BrNO4S. The van der Waals surface area contributed by atoms with Gasteiger partial charge in [0, 0.05) is 10.5 Å². The van der Waals surface area contributed by atoms with Gasteiger partial charge >= 0.3 is 5.97 Å².